The number of Topliss-reactive ketones (excluding diaryl/α,β-unsaturated/α-hetero) is 1. The van der Waals surface area contributed by atoms with E-state index in [2.05, 4.69) is 4.74 Å². The topological polar surface area (TPSA) is 26.3 Å². The van der Waals surface area contributed by atoms with E-state index >= 15 is 0 Å². The number of halogens is 5. The van der Waals surface area contributed by atoms with E-state index < -0.39 is 23.3 Å². The lowest BCUT2D eigenvalue weighted by atomic mass is 10.1. The summed E-state index contributed by atoms with van der Waals surface area (Å²) in [6.07, 6.45) is -4.84. The molecule has 1 unspecified atom stereocenters. The highest BCUT2D eigenvalue weighted by molar-refractivity contribution is 14.1. The van der Waals surface area contributed by atoms with E-state index in [1.54, 1.807) is 0 Å². The molecule has 0 saturated carbocycles. The van der Waals surface area contributed by atoms with Gasteiger partial charge in [-0.15, -0.1) is 24.8 Å². The zero-order valence-electron chi connectivity index (χ0n) is 8.52. The number of alkyl halides is 4. The van der Waals surface area contributed by atoms with Gasteiger partial charge in [0.2, 0.25) is 0 Å². The maximum absolute atomic E-state index is 12.1. The predicted octanol–water partition coefficient (Wildman–Crippen LogP) is 4.00. The molecular weight excluding hydrogens is 371 g/mol. The lowest BCUT2D eigenvalue weighted by Crippen LogP contribution is -2.20. The minimum absolute atomic E-state index is 0.176. The molecule has 0 fully saturated rings. The predicted molar refractivity (Wildman–Crippen MR) is 65.5 cm³/mol. The molecule has 0 aliphatic rings. The molecule has 0 bridgehead atoms. The van der Waals surface area contributed by atoms with Gasteiger partial charge in [-0.25, -0.2) is 0 Å². The quantitative estimate of drug-likeness (QED) is 0.451. The first kappa shape index (κ1) is 14.6. The van der Waals surface area contributed by atoms with Crippen LogP contribution in [0.2, 0.25) is 0 Å². The van der Waals surface area contributed by atoms with E-state index in [-0.39, 0.29) is 5.56 Å². The minimum atomic E-state index is -4.84. The fourth-order valence-corrected chi connectivity index (χ4v) is 1.70. The number of ketones is 1. The second kappa shape index (κ2) is 5.43. The molecule has 0 saturated heterocycles. The van der Waals surface area contributed by atoms with Crippen LogP contribution in [-0.4, -0.2) is 17.5 Å². The molecule has 2 nitrogen and oxygen atoms in total. The molecule has 0 aromatic heterocycles. The van der Waals surface area contributed by atoms with Crippen LogP contribution in [-0.2, 0) is 0 Å². The number of carbonyl (C=O) groups excluding carboxylic acids is 1. The second-order valence-electron chi connectivity index (χ2n) is 3.17. The zero-order valence-corrected chi connectivity index (χ0v) is 11.4. The number of hydrogen-bond acceptors (Lipinski definition) is 2. The third-order valence-corrected chi connectivity index (χ3v) is 2.67. The van der Waals surface area contributed by atoms with Crippen LogP contribution in [0.3, 0.4) is 0 Å². The van der Waals surface area contributed by atoms with Crippen LogP contribution in [0.4, 0.5) is 13.2 Å². The van der Waals surface area contributed by atoms with Crippen molar-refractivity contribution >= 4 is 40.0 Å². The molecule has 94 valence electrons. The monoisotopic (exact) mass is 378 g/mol. The summed E-state index contributed by atoms with van der Waals surface area (Å²) in [5.74, 6) is -1.13. The Labute approximate surface area is 114 Å². The number of carbonyl (C=O) groups is 1. The standard InChI is InChI=1S/C10H7ClF3IO2/c1-5(11)9(16)7-3-2-6(15)4-8(7)17-10(12,13)14/h2-5H,1H3. The maximum Gasteiger partial charge on any atom is 0.573 e. The Bertz CT molecular complexity index is 432. The van der Waals surface area contributed by atoms with Crippen LogP contribution in [0.15, 0.2) is 18.2 Å². The Morgan fingerprint density at radius 1 is 1.47 bits per heavy atom. The van der Waals surface area contributed by atoms with Crippen molar-refractivity contribution in [2.45, 2.75) is 18.7 Å². The lowest BCUT2D eigenvalue weighted by molar-refractivity contribution is -0.274. The van der Waals surface area contributed by atoms with Crippen molar-refractivity contribution in [3.8, 4) is 5.75 Å². The van der Waals surface area contributed by atoms with Gasteiger partial charge >= 0.3 is 6.36 Å². The molecule has 1 aromatic rings. The van der Waals surface area contributed by atoms with Gasteiger partial charge in [-0.2, -0.15) is 0 Å². The van der Waals surface area contributed by atoms with Crippen LogP contribution in [0.5, 0.6) is 5.75 Å². The molecule has 0 N–H and O–H groups in total. The molecule has 7 heteroatoms. The normalized spacial score (nSPS) is 13.3. The molecule has 1 rings (SSSR count). The van der Waals surface area contributed by atoms with Gasteiger partial charge in [-0.05, 0) is 47.7 Å². The summed E-state index contributed by atoms with van der Waals surface area (Å²) in [6.45, 7) is 1.39. The Balaban J connectivity index is 3.17. The SMILES string of the molecule is CC(Cl)C(=O)c1ccc(I)cc1OC(F)(F)F. The largest absolute Gasteiger partial charge is 0.573 e. The molecule has 0 radical (unpaired) electrons. The second-order valence-corrected chi connectivity index (χ2v) is 5.07. The molecule has 0 heterocycles. The zero-order chi connectivity index (χ0) is 13.2. The number of ether oxygens (including phenoxy) is 1. The van der Waals surface area contributed by atoms with Crippen LogP contribution in [0, 0.1) is 3.57 Å². The van der Waals surface area contributed by atoms with Gasteiger partial charge in [0.25, 0.3) is 0 Å². The molecule has 0 spiro atoms. The lowest BCUT2D eigenvalue weighted by Gasteiger charge is -2.13. The Morgan fingerprint density at radius 3 is 2.53 bits per heavy atom. The smallest absolute Gasteiger partial charge is 0.405 e. The van der Waals surface area contributed by atoms with Gasteiger partial charge in [0.1, 0.15) is 5.75 Å². The van der Waals surface area contributed by atoms with E-state index in [4.69, 9.17) is 11.6 Å². The Hall–Kier alpha value is -0.500. The first-order chi connectivity index (χ1) is 7.70. The number of rotatable bonds is 3. The first-order valence-corrected chi connectivity index (χ1v) is 5.96. The van der Waals surface area contributed by atoms with Crippen LogP contribution < -0.4 is 4.74 Å². The van der Waals surface area contributed by atoms with Crippen molar-refractivity contribution in [3.63, 3.8) is 0 Å². The van der Waals surface area contributed by atoms with Gasteiger partial charge in [-0.1, -0.05) is 0 Å². The Morgan fingerprint density at radius 2 is 2.06 bits per heavy atom. The highest BCUT2D eigenvalue weighted by Crippen LogP contribution is 2.29. The van der Waals surface area contributed by atoms with E-state index in [1.807, 2.05) is 22.6 Å². The van der Waals surface area contributed by atoms with Gasteiger partial charge in [-0.3, -0.25) is 4.79 Å². The van der Waals surface area contributed by atoms with Crippen molar-refractivity contribution in [2.75, 3.05) is 0 Å². The van der Waals surface area contributed by atoms with Crippen LogP contribution in [0.1, 0.15) is 17.3 Å². The third kappa shape index (κ3) is 4.34. The van der Waals surface area contributed by atoms with Gasteiger partial charge in [0.05, 0.1) is 10.9 Å². The fourth-order valence-electron chi connectivity index (χ4n) is 1.12. The average molecular weight is 379 g/mol. The molecule has 1 atom stereocenters. The van der Waals surface area contributed by atoms with Crippen LogP contribution >= 0.6 is 34.2 Å². The fraction of sp³-hybridized carbons (Fsp3) is 0.300. The van der Waals surface area contributed by atoms with Crippen molar-refractivity contribution in [3.05, 3.63) is 27.3 Å². The summed E-state index contributed by atoms with van der Waals surface area (Å²) in [5.41, 5.74) is -0.176. The van der Waals surface area contributed by atoms with E-state index in [0.717, 1.165) is 6.07 Å². The van der Waals surface area contributed by atoms with E-state index in [0.29, 0.717) is 3.57 Å². The molecule has 0 aliphatic carbocycles. The first-order valence-electron chi connectivity index (χ1n) is 4.44. The van der Waals surface area contributed by atoms with Gasteiger partial charge < -0.3 is 4.74 Å². The number of hydrogen-bond donors (Lipinski definition) is 0. The average Bonchev–Trinajstić information content (AvgIpc) is 2.14. The summed E-state index contributed by atoms with van der Waals surface area (Å²) >= 11 is 7.38. The van der Waals surface area contributed by atoms with Crippen molar-refractivity contribution in [2.24, 2.45) is 0 Å². The van der Waals surface area contributed by atoms with Crippen LogP contribution in [0.25, 0.3) is 0 Å². The van der Waals surface area contributed by atoms with E-state index in [1.165, 1.54) is 19.1 Å². The van der Waals surface area contributed by atoms with Crippen molar-refractivity contribution in [1.29, 1.82) is 0 Å². The summed E-state index contributed by atoms with van der Waals surface area (Å²) in [4.78, 5) is 11.6. The number of benzene rings is 1. The highest BCUT2D eigenvalue weighted by atomic mass is 127. The van der Waals surface area contributed by atoms with Crippen molar-refractivity contribution < 1.29 is 22.7 Å². The highest BCUT2D eigenvalue weighted by Gasteiger charge is 2.33. The molecule has 17 heavy (non-hydrogen) atoms. The van der Waals surface area contributed by atoms with Gasteiger partial charge in [0, 0.05) is 3.57 Å². The summed E-state index contributed by atoms with van der Waals surface area (Å²) in [7, 11) is 0. The Kier molecular flexibility index (Phi) is 4.65. The molecular formula is C10H7ClF3IO2. The molecule has 0 aliphatic heterocycles. The molecule has 0 amide bonds. The van der Waals surface area contributed by atoms with Crippen molar-refractivity contribution in [1.82, 2.24) is 0 Å². The summed E-state index contributed by atoms with van der Waals surface area (Å²) in [6, 6.07) is 3.92. The molecule has 1 aromatic carbocycles. The van der Waals surface area contributed by atoms with Gasteiger partial charge in [0.15, 0.2) is 5.78 Å². The summed E-state index contributed by atoms with van der Waals surface area (Å²) in [5, 5.41) is -0.911. The minimum Gasteiger partial charge on any atom is -0.405 e. The van der Waals surface area contributed by atoms with E-state index in [9.17, 15) is 18.0 Å². The maximum atomic E-state index is 12.1. The summed E-state index contributed by atoms with van der Waals surface area (Å²) < 4.78 is 40.8. The third-order valence-electron chi connectivity index (χ3n) is 1.80.